The van der Waals surface area contributed by atoms with Gasteiger partial charge in [-0.25, -0.2) is 14.4 Å². The Morgan fingerprint density at radius 3 is 2.88 bits per heavy atom. The molecule has 2 aliphatic heterocycles. The van der Waals surface area contributed by atoms with E-state index in [4.69, 9.17) is 9.47 Å². The molecule has 0 saturated carbocycles. The van der Waals surface area contributed by atoms with Crippen molar-refractivity contribution in [2.24, 2.45) is 5.92 Å². The van der Waals surface area contributed by atoms with Crippen molar-refractivity contribution < 1.29 is 22.6 Å². The molecule has 1 aromatic carbocycles. The lowest BCUT2D eigenvalue weighted by atomic mass is 9.84. The molecule has 4 atom stereocenters. The van der Waals surface area contributed by atoms with Crippen LogP contribution in [0.3, 0.4) is 0 Å². The van der Waals surface area contributed by atoms with E-state index in [0.29, 0.717) is 54.5 Å². The maximum absolute atomic E-state index is 14.3. The Balaban J connectivity index is 1.37. The van der Waals surface area contributed by atoms with Crippen LogP contribution in [0.15, 0.2) is 29.4 Å². The quantitative estimate of drug-likeness (QED) is 0.548. The lowest BCUT2D eigenvalue weighted by Crippen LogP contribution is -2.66. The Bertz CT molecular complexity index is 1010. The molecule has 33 heavy (non-hydrogen) atoms. The van der Waals surface area contributed by atoms with E-state index in [1.165, 1.54) is 31.3 Å². The number of nitrogens with zero attached hydrogens (tertiary/aromatic N) is 3. The zero-order chi connectivity index (χ0) is 23.5. The average molecular weight is 478 g/mol. The van der Waals surface area contributed by atoms with Gasteiger partial charge >= 0.3 is 0 Å². The van der Waals surface area contributed by atoms with Gasteiger partial charge in [-0.05, 0) is 61.4 Å². The summed E-state index contributed by atoms with van der Waals surface area (Å²) in [4.78, 5) is 10.9. The van der Waals surface area contributed by atoms with Crippen LogP contribution in [0, 0.1) is 18.7 Å². The van der Waals surface area contributed by atoms with Crippen molar-refractivity contribution in [3.8, 4) is 5.88 Å². The fraction of sp³-hybridized carbons (Fsp3) is 0.565. The van der Waals surface area contributed by atoms with E-state index < -0.39 is 16.9 Å². The van der Waals surface area contributed by atoms with Gasteiger partial charge in [0, 0.05) is 23.0 Å². The Labute approximate surface area is 196 Å². The molecule has 4 rings (SSSR count). The third-order valence-electron chi connectivity index (χ3n) is 6.29. The van der Waals surface area contributed by atoms with Gasteiger partial charge < -0.3 is 19.3 Å². The summed E-state index contributed by atoms with van der Waals surface area (Å²) in [5.74, 6) is 0.819. The highest BCUT2D eigenvalue weighted by Gasteiger charge is 2.44. The number of morpholine rings is 1. The molecule has 2 fully saturated rings. The lowest BCUT2D eigenvalue weighted by molar-refractivity contribution is -0.140. The van der Waals surface area contributed by atoms with Gasteiger partial charge in [0.1, 0.15) is 18.0 Å². The molecule has 0 amide bonds. The Morgan fingerprint density at radius 1 is 1.33 bits per heavy atom. The summed E-state index contributed by atoms with van der Waals surface area (Å²) in [6, 6.07) is 5.12. The molecular formula is C23H30FN4O4S-. The SMILES string of the molecule is Cc1c(Nc2ccc(S(=O)[O-])cc2F)ncnc1OCCC1COCC2CC(CC(C)C)N12. The highest BCUT2D eigenvalue weighted by Crippen LogP contribution is 2.36. The number of aromatic nitrogens is 2. The molecule has 10 heteroatoms. The lowest BCUT2D eigenvalue weighted by Gasteiger charge is -2.56. The molecule has 8 nitrogen and oxygen atoms in total. The molecule has 0 bridgehead atoms. The molecule has 0 aliphatic carbocycles. The summed E-state index contributed by atoms with van der Waals surface area (Å²) in [6.45, 7) is 8.34. The average Bonchev–Trinajstić information content (AvgIpc) is 2.75. The standard InChI is InChI=1S/C23H31FN4O4S/c1-14(2)8-17-9-18-12-31-11-16(28(17)18)6-7-32-23-15(3)22(25-13-26-23)27-21-5-4-19(33(29)30)10-20(21)24/h4-5,10,13-14,16-18H,6-9,11-12H2,1-3H3,(H,29,30)(H,25,26,27)/p-1. The van der Waals surface area contributed by atoms with Crippen molar-refractivity contribution in [2.75, 3.05) is 25.1 Å². The van der Waals surface area contributed by atoms with E-state index in [1.54, 1.807) is 6.92 Å². The third-order valence-corrected chi connectivity index (χ3v) is 6.93. The fourth-order valence-corrected chi connectivity index (χ4v) is 5.09. The second-order valence-electron chi connectivity index (χ2n) is 9.10. The summed E-state index contributed by atoms with van der Waals surface area (Å²) in [7, 11) is 0. The molecule has 180 valence electrons. The number of hydrogen-bond acceptors (Lipinski definition) is 8. The number of nitrogens with one attached hydrogen (secondary N) is 1. The second kappa shape index (κ2) is 10.4. The molecule has 0 spiro atoms. The van der Waals surface area contributed by atoms with Gasteiger partial charge in [-0.3, -0.25) is 9.11 Å². The van der Waals surface area contributed by atoms with Crippen molar-refractivity contribution in [1.29, 1.82) is 0 Å². The Morgan fingerprint density at radius 2 is 2.15 bits per heavy atom. The second-order valence-corrected chi connectivity index (χ2v) is 10.0. The van der Waals surface area contributed by atoms with Gasteiger partial charge in [0.2, 0.25) is 5.88 Å². The minimum Gasteiger partial charge on any atom is -0.768 e. The van der Waals surface area contributed by atoms with E-state index in [9.17, 15) is 13.2 Å². The molecule has 1 aromatic heterocycles. The first-order chi connectivity index (χ1) is 15.8. The van der Waals surface area contributed by atoms with E-state index in [-0.39, 0.29) is 10.6 Å². The van der Waals surface area contributed by atoms with Gasteiger partial charge in [0.05, 0.1) is 31.1 Å². The highest BCUT2D eigenvalue weighted by molar-refractivity contribution is 7.79. The zero-order valence-corrected chi connectivity index (χ0v) is 19.9. The molecule has 2 saturated heterocycles. The van der Waals surface area contributed by atoms with Gasteiger partial charge in [-0.1, -0.05) is 13.8 Å². The maximum atomic E-state index is 14.3. The molecule has 2 aliphatic rings. The number of rotatable bonds is 9. The molecule has 1 N–H and O–H groups in total. The Hall–Kier alpha value is -2.14. The van der Waals surface area contributed by atoms with Crippen LogP contribution >= 0.6 is 0 Å². The van der Waals surface area contributed by atoms with E-state index in [1.807, 2.05) is 0 Å². The molecule has 0 radical (unpaired) electrons. The molecule has 3 heterocycles. The summed E-state index contributed by atoms with van der Waals surface area (Å²) in [5.41, 5.74) is 0.768. The predicted octanol–water partition coefficient (Wildman–Crippen LogP) is 3.56. The normalized spacial score (nSPS) is 23.6. The minimum atomic E-state index is -2.49. The van der Waals surface area contributed by atoms with Crippen LogP contribution in [0.25, 0.3) is 0 Å². The van der Waals surface area contributed by atoms with E-state index in [0.717, 1.165) is 19.1 Å². The molecular weight excluding hydrogens is 447 g/mol. The molecule has 2 aromatic rings. The van der Waals surface area contributed by atoms with E-state index in [2.05, 4.69) is 34.0 Å². The number of anilines is 2. The minimum absolute atomic E-state index is 0.117. The van der Waals surface area contributed by atoms with Gasteiger partial charge in [0.15, 0.2) is 0 Å². The van der Waals surface area contributed by atoms with Crippen molar-refractivity contribution in [2.45, 2.75) is 63.1 Å². The van der Waals surface area contributed by atoms with Crippen LogP contribution < -0.4 is 10.1 Å². The summed E-state index contributed by atoms with van der Waals surface area (Å²) in [6.07, 6.45) is 4.60. The number of halogens is 1. The Kier molecular flexibility index (Phi) is 7.58. The van der Waals surface area contributed by atoms with Crippen molar-refractivity contribution >= 4 is 22.6 Å². The maximum Gasteiger partial charge on any atom is 0.221 e. The largest absolute Gasteiger partial charge is 0.768 e. The summed E-state index contributed by atoms with van der Waals surface area (Å²) < 4.78 is 48.1. The van der Waals surface area contributed by atoms with Crippen LogP contribution in [0.1, 0.15) is 38.7 Å². The number of ether oxygens (including phenoxy) is 2. The van der Waals surface area contributed by atoms with Crippen LogP contribution in [0.2, 0.25) is 0 Å². The predicted molar refractivity (Wildman–Crippen MR) is 122 cm³/mol. The highest BCUT2D eigenvalue weighted by atomic mass is 32.2. The number of hydrogen-bond donors (Lipinski definition) is 1. The van der Waals surface area contributed by atoms with Crippen LogP contribution in [0.5, 0.6) is 5.88 Å². The van der Waals surface area contributed by atoms with Crippen molar-refractivity contribution in [3.63, 3.8) is 0 Å². The van der Waals surface area contributed by atoms with Gasteiger partial charge in [0.25, 0.3) is 0 Å². The first kappa shape index (κ1) is 24.0. The van der Waals surface area contributed by atoms with Gasteiger partial charge in [-0.2, -0.15) is 0 Å². The first-order valence-electron chi connectivity index (χ1n) is 11.3. The third kappa shape index (κ3) is 5.51. The van der Waals surface area contributed by atoms with Crippen LogP contribution in [-0.2, 0) is 15.8 Å². The van der Waals surface area contributed by atoms with Crippen LogP contribution in [0.4, 0.5) is 15.9 Å². The first-order valence-corrected chi connectivity index (χ1v) is 12.4. The van der Waals surface area contributed by atoms with Gasteiger partial charge in [-0.15, -0.1) is 0 Å². The zero-order valence-electron chi connectivity index (χ0n) is 19.1. The monoisotopic (exact) mass is 477 g/mol. The number of fused-ring (bicyclic) bond motifs is 1. The van der Waals surface area contributed by atoms with Crippen molar-refractivity contribution in [1.82, 2.24) is 14.9 Å². The van der Waals surface area contributed by atoms with E-state index >= 15 is 0 Å². The fourth-order valence-electron chi connectivity index (χ4n) is 4.71. The summed E-state index contributed by atoms with van der Waals surface area (Å²) >= 11 is -2.49. The topological polar surface area (TPSA) is 99.6 Å². The van der Waals surface area contributed by atoms with Crippen molar-refractivity contribution in [3.05, 3.63) is 35.9 Å². The number of benzene rings is 1. The summed E-state index contributed by atoms with van der Waals surface area (Å²) in [5, 5.41) is 2.90. The molecule has 4 unspecified atom stereocenters. The van der Waals surface area contributed by atoms with Crippen LogP contribution in [-0.4, -0.2) is 61.6 Å². The smallest absolute Gasteiger partial charge is 0.221 e.